The SMILES string of the molecule is CC(C)(C)OC(=O)CN1CCC[C@H]1c1ncc(-c2ccc3cc(Br)ccc3c2)[nH]1. The van der Waals surface area contributed by atoms with Crippen LogP contribution in [0.3, 0.4) is 0 Å². The van der Waals surface area contributed by atoms with Gasteiger partial charge in [0.1, 0.15) is 11.4 Å². The van der Waals surface area contributed by atoms with E-state index >= 15 is 0 Å². The summed E-state index contributed by atoms with van der Waals surface area (Å²) in [6, 6.07) is 12.8. The molecular weight excluding hydrogens is 430 g/mol. The Hall–Kier alpha value is -2.18. The molecule has 1 atom stereocenters. The lowest BCUT2D eigenvalue weighted by molar-refractivity contribution is -0.156. The van der Waals surface area contributed by atoms with Crippen LogP contribution in [-0.4, -0.2) is 39.5 Å². The van der Waals surface area contributed by atoms with E-state index in [-0.39, 0.29) is 12.0 Å². The van der Waals surface area contributed by atoms with Gasteiger partial charge in [0.15, 0.2) is 0 Å². The average Bonchev–Trinajstić information content (AvgIpc) is 3.28. The number of H-pyrrole nitrogens is 1. The summed E-state index contributed by atoms with van der Waals surface area (Å²) in [5, 5.41) is 2.39. The Bertz CT molecular complexity index is 1040. The molecule has 5 nitrogen and oxygen atoms in total. The standard InChI is InChI=1S/C23H26BrN3O2/c1-23(2,3)29-21(28)14-27-10-4-5-20(27)22-25-13-19(26-22)17-7-6-16-12-18(24)9-8-15(16)11-17/h6-9,11-13,20H,4-5,10,14H2,1-3H3,(H,25,26)/t20-/m0/s1. The molecule has 0 radical (unpaired) electrons. The van der Waals surface area contributed by atoms with E-state index < -0.39 is 5.60 Å². The summed E-state index contributed by atoms with van der Waals surface area (Å²) in [5.74, 6) is 0.730. The summed E-state index contributed by atoms with van der Waals surface area (Å²) in [5.41, 5.74) is 1.64. The van der Waals surface area contributed by atoms with Crippen molar-refractivity contribution >= 4 is 32.7 Å². The molecule has 2 aromatic carbocycles. The van der Waals surface area contributed by atoms with Crippen LogP contribution in [0.2, 0.25) is 0 Å². The molecule has 1 aliphatic rings. The number of halogens is 1. The van der Waals surface area contributed by atoms with E-state index in [1.54, 1.807) is 0 Å². The van der Waals surface area contributed by atoms with Crippen molar-refractivity contribution < 1.29 is 9.53 Å². The Kier molecular flexibility index (Phi) is 5.49. The van der Waals surface area contributed by atoms with Gasteiger partial charge in [0.05, 0.1) is 24.5 Å². The fraction of sp³-hybridized carbons (Fsp3) is 0.391. The molecule has 1 aromatic heterocycles. The van der Waals surface area contributed by atoms with Crippen molar-refractivity contribution in [3.05, 3.63) is 52.9 Å². The molecule has 0 bridgehead atoms. The largest absolute Gasteiger partial charge is 0.459 e. The van der Waals surface area contributed by atoms with Crippen LogP contribution in [0.15, 0.2) is 47.1 Å². The summed E-state index contributed by atoms with van der Waals surface area (Å²) < 4.78 is 6.57. The van der Waals surface area contributed by atoms with Crippen molar-refractivity contribution in [3.63, 3.8) is 0 Å². The van der Waals surface area contributed by atoms with Crippen molar-refractivity contribution in [3.8, 4) is 11.3 Å². The summed E-state index contributed by atoms with van der Waals surface area (Å²) in [6.07, 6.45) is 3.93. The van der Waals surface area contributed by atoms with Crippen LogP contribution < -0.4 is 0 Å². The lowest BCUT2D eigenvalue weighted by Gasteiger charge is -2.25. The number of fused-ring (bicyclic) bond motifs is 1. The van der Waals surface area contributed by atoms with Crippen LogP contribution in [0.1, 0.15) is 45.5 Å². The van der Waals surface area contributed by atoms with E-state index in [4.69, 9.17) is 4.74 Å². The predicted molar refractivity (Wildman–Crippen MR) is 119 cm³/mol. The lowest BCUT2D eigenvalue weighted by Crippen LogP contribution is -2.35. The number of esters is 1. The number of carbonyl (C=O) groups is 1. The first-order chi connectivity index (χ1) is 13.8. The van der Waals surface area contributed by atoms with Crippen LogP contribution in [-0.2, 0) is 9.53 Å². The monoisotopic (exact) mass is 455 g/mol. The third-order valence-corrected chi connectivity index (χ3v) is 5.63. The van der Waals surface area contributed by atoms with E-state index in [0.29, 0.717) is 6.54 Å². The topological polar surface area (TPSA) is 58.2 Å². The van der Waals surface area contributed by atoms with Gasteiger partial charge in [-0.3, -0.25) is 9.69 Å². The van der Waals surface area contributed by atoms with Crippen LogP contribution in [0, 0.1) is 0 Å². The first kappa shape index (κ1) is 20.1. The minimum Gasteiger partial charge on any atom is -0.459 e. The second-order valence-corrected chi connectivity index (χ2v) is 9.52. The van der Waals surface area contributed by atoms with Gasteiger partial charge in [-0.15, -0.1) is 0 Å². The molecule has 1 saturated heterocycles. The molecule has 1 N–H and O–H groups in total. The number of imidazole rings is 1. The highest BCUT2D eigenvalue weighted by Crippen LogP contribution is 2.32. The third kappa shape index (κ3) is 4.70. The Labute approximate surface area is 179 Å². The Morgan fingerprint density at radius 3 is 2.79 bits per heavy atom. The predicted octanol–water partition coefficient (Wildman–Crippen LogP) is 5.47. The average molecular weight is 456 g/mol. The quantitative estimate of drug-likeness (QED) is 0.529. The zero-order chi connectivity index (χ0) is 20.6. The number of benzene rings is 2. The number of hydrogen-bond donors (Lipinski definition) is 1. The molecule has 0 aliphatic carbocycles. The third-order valence-electron chi connectivity index (χ3n) is 5.14. The number of likely N-dealkylation sites (tertiary alicyclic amines) is 1. The Balaban J connectivity index is 1.52. The highest BCUT2D eigenvalue weighted by atomic mass is 79.9. The van der Waals surface area contributed by atoms with Crippen LogP contribution in [0.5, 0.6) is 0 Å². The van der Waals surface area contributed by atoms with Crippen LogP contribution in [0.25, 0.3) is 22.0 Å². The first-order valence-electron chi connectivity index (χ1n) is 9.99. The second kappa shape index (κ2) is 7.92. The number of carbonyl (C=O) groups excluding carboxylic acids is 1. The van der Waals surface area contributed by atoms with Gasteiger partial charge in [-0.25, -0.2) is 4.98 Å². The van der Waals surface area contributed by atoms with Gasteiger partial charge in [0, 0.05) is 10.0 Å². The summed E-state index contributed by atoms with van der Waals surface area (Å²) in [7, 11) is 0. The van der Waals surface area contributed by atoms with Crippen molar-refractivity contribution in [1.82, 2.24) is 14.9 Å². The molecule has 0 amide bonds. The minimum atomic E-state index is -0.462. The number of hydrogen-bond acceptors (Lipinski definition) is 4. The van der Waals surface area contributed by atoms with Gasteiger partial charge in [0.2, 0.25) is 0 Å². The van der Waals surface area contributed by atoms with Gasteiger partial charge < -0.3 is 9.72 Å². The summed E-state index contributed by atoms with van der Waals surface area (Å²) in [6.45, 7) is 6.86. The molecule has 1 fully saturated rings. The fourth-order valence-electron chi connectivity index (χ4n) is 3.90. The molecule has 0 spiro atoms. The molecular formula is C23H26BrN3O2. The number of ether oxygens (including phenoxy) is 1. The van der Waals surface area contributed by atoms with Crippen molar-refractivity contribution in [2.75, 3.05) is 13.1 Å². The maximum Gasteiger partial charge on any atom is 0.320 e. The molecule has 3 aromatic rings. The minimum absolute atomic E-state index is 0.118. The van der Waals surface area contributed by atoms with E-state index in [0.717, 1.165) is 40.9 Å². The van der Waals surface area contributed by atoms with Crippen molar-refractivity contribution in [2.45, 2.75) is 45.3 Å². The molecule has 0 unspecified atom stereocenters. The molecule has 6 heteroatoms. The smallest absolute Gasteiger partial charge is 0.320 e. The van der Waals surface area contributed by atoms with E-state index in [1.807, 2.05) is 27.0 Å². The van der Waals surface area contributed by atoms with Gasteiger partial charge in [-0.1, -0.05) is 34.1 Å². The molecule has 152 valence electrons. The number of aromatic amines is 1. The maximum absolute atomic E-state index is 12.3. The lowest BCUT2D eigenvalue weighted by atomic mass is 10.1. The van der Waals surface area contributed by atoms with Crippen LogP contribution in [0.4, 0.5) is 0 Å². The van der Waals surface area contributed by atoms with Crippen molar-refractivity contribution in [1.29, 1.82) is 0 Å². The maximum atomic E-state index is 12.3. The molecule has 4 rings (SSSR count). The second-order valence-electron chi connectivity index (χ2n) is 8.60. The van der Waals surface area contributed by atoms with E-state index in [1.165, 1.54) is 10.8 Å². The summed E-state index contributed by atoms with van der Waals surface area (Å²) >= 11 is 3.52. The van der Waals surface area contributed by atoms with Gasteiger partial charge in [-0.05, 0) is 69.1 Å². The summed E-state index contributed by atoms with van der Waals surface area (Å²) in [4.78, 5) is 22.6. The number of nitrogens with one attached hydrogen (secondary N) is 1. The number of aromatic nitrogens is 2. The molecule has 29 heavy (non-hydrogen) atoms. The zero-order valence-corrected chi connectivity index (χ0v) is 18.6. The first-order valence-corrected chi connectivity index (χ1v) is 10.8. The van der Waals surface area contributed by atoms with E-state index in [9.17, 15) is 4.79 Å². The van der Waals surface area contributed by atoms with E-state index in [2.05, 4.69) is 67.2 Å². The number of rotatable bonds is 4. The van der Waals surface area contributed by atoms with Crippen molar-refractivity contribution in [2.24, 2.45) is 0 Å². The zero-order valence-electron chi connectivity index (χ0n) is 17.0. The van der Waals surface area contributed by atoms with Gasteiger partial charge in [-0.2, -0.15) is 0 Å². The Morgan fingerprint density at radius 2 is 2.00 bits per heavy atom. The molecule has 1 aliphatic heterocycles. The molecule has 2 heterocycles. The molecule has 0 saturated carbocycles. The normalized spacial score (nSPS) is 17.7. The Morgan fingerprint density at radius 1 is 1.24 bits per heavy atom. The highest BCUT2D eigenvalue weighted by Gasteiger charge is 2.31. The van der Waals surface area contributed by atoms with Gasteiger partial charge >= 0.3 is 5.97 Å². The van der Waals surface area contributed by atoms with Crippen LogP contribution >= 0.6 is 15.9 Å². The highest BCUT2D eigenvalue weighted by molar-refractivity contribution is 9.10. The number of nitrogens with zero attached hydrogens (tertiary/aromatic N) is 2. The fourth-order valence-corrected chi connectivity index (χ4v) is 4.28. The van der Waals surface area contributed by atoms with Gasteiger partial charge in [0.25, 0.3) is 0 Å².